The van der Waals surface area contributed by atoms with Crippen molar-refractivity contribution >= 4 is 40.1 Å². The van der Waals surface area contributed by atoms with Gasteiger partial charge in [-0.05, 0) is 36.9 Å². The molecule has 2 amide bonds. The normalized spacial score (nSPS) is 14.6. The summed E-state index contributed by atoms with van der Waals surface area (Å²) in [7, 11) is 0. The summed E-state index contributed by atoms with van der Waals surface area (Å²) in [6.45, 7) is 2.58. The van der Waals surface area contributed by atoms with E-state index in [4.69, 9.17) is 5.14 Å². The van der Waals surface area contributed by atoms with Crippen LogP contribution < -0.4 is 14.9 Å². The maximum atomic E-state index is 14.9. The highest BCUT2D eigenvalue weighted by molar-refractivity contribution is 7.99. The standard InChI is InChI=1S/C20H18F2N4OS2/c1-12-18(29-23)28-19(24-12)26-9-5-8-25(20(26)27)17-11-15(21)14(10-16(17)22)13-6-3-2-4-7-13/h2-4,6-7,10-11H,5,8-9,23H2,1H3. The average Bonchev–Trinajstić information content (AvgIpc) is 3.11. The minimum Gasteiger partial charge on any atom is -0.291 e. The predicted molar refractivity (Wildman–Crippen MR) is 113 cm³/mol. The Kier molecular flexibility index (Phi) is 5.53. The van der Waals surface area contributed by atoms with Crippen molar-refractivity contribution in [3.63, 3.8) is 0 Å². The summed E-state index contributed by atoms with van der Waals surface area (Å²) < 4.78 is 30.5. The molecular formula is C20H18F2N4OS2. The van der Waals surface area contributed by atoms with Crippen LogP contribution in [0.5, 0.6) is 0 Å². The molecule has 2 heterocycles. The van der Waals surface area contributed by atoms with Crippen molar-refractivity contribution in [1.82, 2.24) is 4.98 Å². The number of anilines is 2. The van der Waals surface area contributed by atoms with Crippen LogP contribution in [0.4, 0.5) is 24.4 Å². The maximum absolute atomic E-state index is 14.9. The zero-order valence-corrected chi connectivity index (χ0v) is 17.2. The second-order valence-electron chi connectivity index (χ2n) is 6.58. The monoisotopic (exact) mass is 432 g/mol. The molecule has 2 N–H and O–H groups in total. The number of aryl methyl sites for hydroxylation is 1. The smallest absolute Gasteiger partial charge is 0.291 e. The number of amides is 2. The third-order valence-corrected chi connectivity index (χ3v) is 6.74. The summed E-state index contributed by atoms with van der Waals surface area (Å²) in [5.41, 5.74) is 1.41. The first-order chi connectivity index (χ1) is 14.0. The number of carbonyl (C=O) groups is 1. The first-order valence-corrected chi connectivity index (χ1v) is 10.7. The van der Waals surface area contributed by atoms with Gasteiger partial charge in [-0.2, -0.15) is 0 Å². The number of nitrogens with two attached hydrogens (primary N) is 1. The molecule has 29 heavy (non-hydrogen) atoms. The molecule has 1 aliphatic heterocycles. The number of thiazole rings is 1. The summed E-state index contributed by atoms with van der Waals surface area (Å²) in [6, 6.07) is 10.6. The molecule has 0 atom stereocenters. The van der Waals surface area contributed by atoms with Crippen molar-refractivity contribution in [2.45, 2.75) is 17.6 Å². The zero-order valence-electron chi connectivity index (χ0n) is 15.6. The molecule has 0 unspecified atom stereocenters. The van der Waals surface area contributed by atoms with Crippen LogP contribution in [0.25, 0.3) is 11.1 Å². The van der Waals surface area contributed by atoms with Gasteiger partial charge in [-0.1, -0.05) is 41.7 Å². The van der Waals surface area contributed by atoms with Gasteiger partial charge in [0.1, 0.15) is 11.6 Å². The lowest BCUT2D eigenvalue weighted by Crippen LogP contribution is -2.50. The van der Waals surface area contributed by atoms with Crippen molar-refractivity contribution < 1.29 is 13.6 Å². The summed E-state index contributed by atoms with van der Waals surface area (Å²) in [5, 5.41) is 6.13. The number of rotatable bonds is 4. The van der Waals surface area contributed by atoms with Crippen molar-refractivity contribution in [2.75, 3.05) is 22.9 Å². The van der Waals surface area contributed by atoms with Crippen LogP contribution >= 0.6 is 23.3 Å². The van der Waals surface area contributed by atoms with Gasteiger partial charge in [0.2, 0.25) is 0 Å². The fourth-order valence-corrected chi connectivity index (χ4v) is 4.75. The van der Waals surface area contributed by atoms with Gasteiger partial charge in [-0.25, -0.2) is 18.6 Å². The Morgan fingerprint density at radius 2 is 1.83 bits per heavy atom. The molecule has 0 radical (unpaired) electrons. The highest BCUT2D eigenvalue weighted by Gasteiger charge is 2.32. The third-order valence-electron chi connectivity index (χ3n) is 4.72. The van der Waals surface area contributed by atoms with E-state index in [2.05, 4.69) is 4.98 Å². The van der Waals surface area contributed by atoms with Gasteiger partial charge in [-0.15, -0.1) is 0 Å². The van der Waals surface area contributed by atoms with Crippen molar-refractivity contribution in [3.05, 3.63) is 59.8 Å². The fourth-order valence-electron chi connectivity index (χ4n) is 3.30. The van der Waals surface area contributed by atoms with Gasteiger partial charge in [0.25, 0.3) is 0 Å². The second kappa shape index (κ2) is 8.10. The van der Waals surface area contributed by atoms with Crippen LogP contribution in [-0.2, 0) is 0 Å². The van der Waals surface area contributed by atoms with Gasteiger partial charge in [-0.3, -0.25) is 14.9 Å². The Morgan fingerprint density at radius 3 is 2.52 bits per heavy atom. The predicted octanol–water partition coefficient (Wildman–Crippen LogP) is 5.20. The van der Waals surface area contributed by atoms with E-state index >= 15 is 0 Å². The SMILES string of the molecule is Cc1nc(N2CCCN(c3cc(F)c(-c4ccccc4)cc3F)C2=O)sc1SN. The summed E-state index contributed by atoms with van der Waals surface area (Å²) >= 11 is 2.39. The molecule has 0 spiro atoms. The number of aromatic nitrogens is 1. The van der Waals surface area contributed by atoms with E-state index in [1.54, 1.807) is 24.3 Å². The number of nitrogens with zero attached hydrogens (tertiary/aromatic N) is 3. The third kappa shape index (κ3) is 3.73. The molecule has 1 aliphatic rings. The molecule has 3 aromatic rings. The summed E-state index contributed by atoms with van der Waals surface area (Å²) in [5.74, 6) is -1.22. The topological polar surface area (TPSA) is 62.5 Å². The summed E-state index contributed by atoms with van der Waals surface area (Å²) in [6.07, 6.45) is 0.608. The average molecular weight is 433 g/mol. The largest absolute Gasteiger partial charge is 0.330 e. The van der Waals surface area contributed by atoms with E-state index in [0.29, 0.717) is 30.2 Å². The molecule has 9 heteroatoms. The number of halogens is 2. The zero-order chi connectivity index (χ0) is 20.5. The minimum atomic E-state index is -0.644. The van der Waals surface area contributed by atoms with Crippen LogP contribution in [0.3, 0.4) is 0 Å². The van der Waals surface area contributed by atoms with E-state index in [9.17, 15) is 13.6 Å². The van der Waals surface area contributed by atoms with Crippen LogP contribution in [-0.4, -0.2) is 24.1 Å². The van der Waals surface area contributed by atoms with Gasteiger partial charge in [0, 0.05) is 24.7 Å². The molecule has 0 bridgehead atoms. The Morgan fingerprint density at radius 1 is 1.10 bits per heavy atom. The Balaban J connectivity index is 1.67. The van der Waals surface area contributed by atoms with Crippen LogP contribution in [0.1, 0.15) is 12.1 Å². The molecular weight excluding hydrogens is 414 g/mol. The lowest BCUT2D eigenvalue weighted by Gasteiger charge is -2.34. The van der Waals surface area contributed by atoms with Gasteiger partial charge in [0.05, 0.1) is 15.6 Å². The highest BCUT2D eigenvalue weighted by atomic mass is 32.2. The molecule has 4 rings (SSSR count). The molecule has 5 nitrogen and oxygen atoms in total. The minimum absolute atomic E-state index is 0.0708. The molecule has 0 saturated carbocycles. The molecule has 2 aromatic carbocycles. The maximum Gasteiger partial charge on any atom is 0.330 e. The Hall–Kier alpha value is -2.49. The lowest BCUT2D eigenvalue weighted by molar-refractivity contribution is 0.248. The van der Waals surface area contributed by atoms with E-state index in [0.717, 1.165) is 34.0 Å². The number of hydrogen-bond acceptors (Lipinski definition) is 5. The molecule has 0 aliphatic carbocycles. The number of benzene rings is 2. The first-order valence-electron chi connectivity index (χ1n) is 8.97. The van der Waals surface area contributed by atoms with E-state index in [-0.39, 0.29) is 11.3 Å². The molecule has 1 saturated heterocycles. The van der Waals surface area contributed by atoms with E-state index < -0.39 is 17.7 Å². The van der Waals surface area contributed by atoms with Crippen LogP contribution in [0.2, 0.25) is 0 Å². The number of carbonyl (C=O) groups excluding carboxylic acids is 1. The molecule has 150 valence electrons. The van der Waals surface area contributed by atoms with E-state index in [1.165, 1.54) is 21.1 Å². The van der Waals surface area contributed by atoms with Gasteiger partial charge < -0.3 is 0 Å². The molecule has 1 aromatic heterocycles. The van der Waals surface area contributed by atoms with Gasteiger partial charge >= 0.3 is 6.03 Å². The summed E-state index contributed by atoms with van der Waals surface area (Å²) in [4.78, 5) is 20.2. The fraction of sp³-hybridized carbons (Fsp3) is 0.200. The van der Waals surface area contributed by atoms with Crippen molar-refractivity contribution in [2.24, 2.45) is 5.14 Å². The second-order valence-corrected chi connectivity index (χ2v) is 8.46. The first kappa shape index (κ1) is 19.8. The lowest BCUT2D eigenvalue weighted by atomic mass is 10.0. The van der Waals surface area contributed by atoms with E-state index in [1.807, 2.05) is 13.0 Å². The number of urea groups is 1. The van der Waals surface area contributed by atoms with Crippen LogP contribution in [0.15, 0.2) is 46.7 Å². The van der Waals surface area contributed by atoms with Crippen molar-refractivity contribution in [3.8, 4) is 11.1 Å². The Labute approximate surface area is 175 Å². The van der Waals surface area contributed by atoms with Crippen LogP contribution in [0, 0.1) is 18.6 Å². The quantitative estimate of drug-likeness (QED) is 0.576. The van der Waals surface area contributed by atoms with Gasteiger partial charge in [0.15, 0.2) is 5.13 Å². The number of hydrogen-bond donors (Lipinski definition) is 1. The molecule has 1 fully saturated rings. The highest BCUT2D eigenvalue weighted by Crippen LogP contribution is 2.35. The Bertz CT molecular complexity index is 1060. The van der Waals surface area contributed by atoms with Crippen molar-refractivity contribution in [1.29, 1.82) is 0 Å².